The fourth-order valence-electron chi connectivity index (χ4n) is 3.75. The molecule has 4 rings (SSSR count). The largest absolute Gasteiger partial charge is 0.410 e. The predicted molar refractivity (Wildman–Crippen MR) is 96.0 cm³/mol. The second-order valence-electron chi connectivity index (χ2n) is 7.24. The first kappa shape index (κ1) is 19.7. The predicted octanol–water partition coefficient (Wildman–Crippen LogP) is 3.59. The molecule has 156 valence electrons. The maximum Gasteiger partial charge on any atom is 0.410 e. The Hall–Kier alpha value is -2.62. The molecule has 1 fully saturated rings. The lowest BCUT2D eigenvalue weighted by Crippen LogP contribution is -2.37. The van der Waals surface area contributed by atoms with Crippen molar-refractivity contribution in [2.75, 3.05) is 18.5 Å². The van der Waals surface area contributed by atoms with Crippen molar-refractivity contribution in [2.45, 2.75) is 43.6 Å². The number of alkyl halides is 3. The molecule has 0 spiro atoms. The first-order chi connectivity index (χ1) is 13.8. The van der Waals surface area contributed by atoms with Crippen LogP contribution in [0.4, 0.5) is 23.4 Å². The van der Waals surface area contributed by atoms with Crippen molar-refractivity contribution < 1.29 is 27.1 Å². The van der Waals surface area contributed by atoms with Crippen LogP contribution in [0.25, 0.3) is 0 Å². The second-order valence-corrected chi connectivity index (χ2v) is 7.24. The molecular weight excluding hydrogens is 392 g/mol. The molecule has 0 unspecified atom stereocenters. The van der Waals surface area contributed by atoms with Crippen LogP contribution in [0.2, 0.25) is 0 Å². The standard InChI is InChI=1S/C19H20F4N4O2/c20-12-5-3-11(4-6-12)15-8-16(19(21,22)23)27-17(26-15)14(10-25-27)18(28)24-9-13-2-1-7-29-13/h3-6,10,13,15-16,26H,1-2,7-9H2,(H,24,28)/t13-,15+,16+/m0/s1. The summed E-state index contributed by atoms with van der Waals surface area (Å²) in [4.78, 5) is 12.6. The van der Waals surface area contributed by atoms with Crippen molar-refractivity contribution in [3.63, 3.8) is 0 Å². The summed E-state index contributed by atoms with van der Waals surface area (Å²) in [5, 5.41) is 9.51. The Morgan fingerprint density at radius 2 is 2.07 bits per heavy atom. The number of carbonyl (C=O) groups excluding carboxylic acids is 1. The van der Waals surface area contributed by atoms with Gasteiger partial charge >= 0.3 is 6.18 Å². The van der Waals surface area contributed by atoms with Gasteiger partial charge in [0.2, 0.25) is 0 Å². The second kappa shape index (κ2) is 7.66. The molecule has 2 aliphatic heterocycles. The molecule has 2 N–H and O–H groups in total. The van der Waals surface area contributed by atoms with Crippen molar-refractivity contribution >= 4 is 11.7 Å². The Balaban J connectivity index is 1.60. The van der Waals surface area contributed by atoms with E-state index in [0.29, 0.717) is 12.2 Å². The van der Waals surface area contributed by atoms with Crippen LogP contribution in [0.15, 0.2) is 30.5 Å². The van der Waals surface area contributed by atoms with E-state index in [9.17, 15) is 22.4 Å². The summed E-state index contributed by atoms with van der Waals surface area (Å²) in [5.41, 5.74) is 0.530. The van der Waals surface area contributed by atoms with Crippen molar-refractivity contribution in [2.24, 2.45) is 0 Å². The highest BCUT2D eigenvalue weighted by atomic mass is 19.4. The van der Waals surface area contributed by atoms with Gasteiger partial charge in [-0.15, -0.1) is 0 Å². The number of anilines is 1. The number of hydrogen-bond donors (Lipinski definition) is 2. The zero-order chi connectivity index (χ0) is 20.6. The van der Waals surface area contributed by atoms with Gasteiger partial charge in [-0.1, -0.05) is 12.1 Å². The fourth-order valence-corrected chi connectivity index (χ4v) is 3.75. The molecule has 0 aliphatic carbocycles. The van der Waals surface area contributed by atoms with Crippen LogP contribution >= 0.6 is 0 Å². The Labute approximate surface area is 164 Å². The molecule has 1 amide bonds. The number of rotatable bonds is 4. The fraction of sp³-hybridized carbons (Fsp3) is 0.474. The third-order valence-electron chi connectivity index (χ3n) is 5.27. The monoisotopic (exact) mass is 412 g/mol. The third-order valence-corrected chi connectivity index (χ3v) is 5.27. The number of carbonyl (C=O) groups is 1. The number of hydrogen-bond acceptors (Lipinski definition) is 4. The molecule has 0 saturated carbocycles. The van der Waals surface area contributed by atoms with Crippen LogP contribution in [0.1, 0.15) is 47.3 Å². The molecule has 1 aromatic heterocycles. The Bertz CT molecular complexity index is 875. The van der Waals surface area contributed by atoms with E-state index in [1.165, 1.54) is 24.3 Å². The molecular formula is C19H20F4N4O2. The van der Waals surface area contributed by atoms with Crippen LogP contribution in [0, 0.1) is 5.82 Å². The molecule has 2 aliphatic rings. The molecule has 29 heavy (non-hydrogen) atoms. The van der Waals surface area contributed by atoms with E-state index in [1.54, 1.807) is 0 Å². The van der Waals surface area contributed by atoms with Gasteiger partial charge in [0.25, 0.3) is 5.91 Å². The van der Waals surface area contributed by atoms with Gasteiger partial charge < -0.3 is 15.4 Å². The number of halogens is 4. The van der Waals surface area contributed by atoms with Gasteiger partial charge in [0.05, 0.1) is 18.3 Å². The quantitative estimate of drug-likeness (QED) is 0.754. The third kappa shape index (κ3) is 4.07. The highest BCUT2D eigenvalue weighted by molar-refractivity contribution is 5.98. The lowest BCUT2D eigenvalue weighted by molar-refractivity contribution is -0.173. The van der Waals surface area contributed by atoms with E-state index in [0.717, 1.165) is 23.7 Å². The van der Waals surface area contributed by atoms with Crippen molar-refractivity contribution in [1.29, 1.82) is 0 Å². The van der Waals surface area contributed by atoms with Crippen molar-refractivity contribution in [1.82, 2.24) is 15.1 Å². The van der Waals surface area contributed by atoms with E-state index in [2.05, 4.69) is 15.7 Å². The molecule has 3 heterocycles. The van der Waals surface area contributed by atoms with Crippen LogP contribution in [-0.4, -0.2) is 41.1 Å². The van der Waals surface area contributed by atoms with Crippen LogP contribution in [0.5, 0.6) is 0 Å². The van der Waals surface area contributed by atoms with E-state index in [1.807, 2.05) is 0 Å². The molecule has 3 atom stereocenters. The topological polar surface area (TPSA) is 68.2 Å². The molecule has 1 saturated heterocycles. The number of nitrogens with zero attached hydrogens (tertiary/aromatic N) is 2. The number of ether oxygens (including phenoxy) is 1. The Morgan fingerprint density at radius 3 is 2.72 bits per heavy atom. The minimum atomic E-state index is -4.55. The van der Waals surface area contributed by atoms with Gasteiger partial charge in [0, 0.05) is 19.6 Å². The van der Waals surface area contributed by atoms with Gasteiger partial charge in [-0.3, -0.25) is 4.79 Å². The molecule has 6 nitrogen and oxygen atoms in total. The average molecular weight is 412 g/mol. The zero-order valence-corrected chi connectivity index (χ0v) is 15.4. The number of amides is 1. The molecule has 2 aromatic rings. The van der Waals surface area contributed by atoms with Crippen molar-refractivity contribution in [3.05, 3.63) is 47.4 Å². The molecule has 0 radical (unpaired) electrons. The van der Waals surface area contributed by atoms with Gasteiger partial charge in [-0.2, -0.15) is 18.3 Å². The Kier molecular flexibility index (Phi) is 5.20. The van der Waals surface area contributed by atoms with Gasteiger partial charge in [0.1, 0.15) is 17.2 Å². The van der Waals surface area contributed by atoms with Crippen LogP contribution in [-0.2, 0) is 4.74 Å². The van der Waals surface area contributed by atoms with Gasteiger partial charge in [-0.25, -0.2) is 9.07 Å². The maximum atomic E-state index is 13.7. The first-order valence-corrected chi connectivity index (χ1v) is 9.39. The normalized spacial score (nSPS) is 24.1. The van der Waals surface area contributed by atoms with Gasteiger partial charge in [0.15, 0.2) is 6.04 Å². The smallest absolute Gasteiger partial charge is 0.376 e. The highest BCUT2D eigenvalue weighted by Gasteiger charge is 2.47. The van der Waals surface area contributed by atoms with Gasteiger partial charge in [-0.05, 0) is 30.5 Å². The number of nitrogens with one attached hydrogen (secondary N) is 2. The SMILES string of the molecule is O=C(NC[C@@H]1CCCO1)c1cnn2c1N[C@@H](c1ccc(F)cc1)C[C@@H]2C(F)(F)F. The van der Waals surface area contributed by atoms with E-state index in [-0.39, 0.29) is 30.5 Å². The lowest BCUT2D eigenvalue weighted by atomic mass is 9.96. The van der Waals surface area contributed by atoms with Crippen LogP contribution in [0.3, 0.4) is 0 Å². The number of aromatic nitrogens is 2. The summed E-state index contributed by atoms with van der Waals surface area (Å²) in [7, 11) is 0. The molecule has 1 aromatic carbocycles. The lowest BCUT2D eigenvalue weighted by Gasteiger charge is -2.34. The minimum Gasteiger partial charge on any atom is -0.376 e. The summed E-state index contributed by atoms with van der Waals surface area (Å²) < 4.78 is 60.5. The molecule has 0 bridgehead atoms. The zero-order valence-electron chi connectivity index (χ0n) is 15.4. The average Bonchev–Trinajstić information content (AvgIpc) is 3.35. The van der Waals surface area contributed by atoms with E-state index >= 15 is 0 Å². The van der Waals surface area contributed by atoms with E-state index < -0.39 is 30.0 Å². The summed E-state index contributed by atoms with van der Waals surface area (Å²) >= 11 is 0. The summed E-state index contributed by atoms with van der Waals surface area (Å²) in [5.74, 6) is -0.996. The minimum absolute atomic E-state index is 0.00209. The van der Waals surface area contributed by atoms with Crippen molar-refractivity contribution in [3.8, 4) is 0 Å². The number of fused-ring (bicyclic) bond motifs is 1. The summed E-state index contributed by atoms with van der Waals surface area (Å²) in [6.45, 7) is 0.922. The van der Waals surface area contributed by atoms with Crippen LogP contribution < -0.4 is 10.6 Å². The Morgan fingerprint density at radius 1 is 1.31 bits per heavy atom. The summed E-state index contributed by atoms with van der Waals surface area (Å²) in [6.07, 6.45) is -2.08. The molecule has 10 heteroatoms. The number of benzene rings is 1. The maximum absolute atomic E-state index is 13.7. The summed E-state index contributed by atoms with van der Waals surface area (Å²) in [6, 6.07) is 2.62. The first-order valence-electron chi connectivity index (χ1n) is 9.39. The van der Waals surface area contributed by atoms with E-state index in [4.69, 9.17) is 4.74 Å². The highest BCUT2D eigenvalue weighted by Crippen LogP contribution is 2.44.